The summed E-state index contributed by atoms with van der Waals surface area (Å²) in [7, 11) is 0. The highest BCUT2D eigenvalue weighted by atomic mass is 16.4. The number of carboxylic acid groups (broad SMARTS) is 2. The van der Waals surface area contributed by atoms with Crippen molar-refractivity contribution in [1.29, 1.82) is 0 Å². The number of rotatable bonds is 6. The first kappa shape index (κ1) is 15.3. The SMILES string of the molecule is NCCCC(=O)O.[NH3+]CCCC(=O)O. The molecule has 0 heterocycles. The molecule has 6 nitrogen and oxygen atoms in total. The second-order valence-electron chi connectivity index (χ2n) is 2.64. The molecule has 0 fully saturated rings. The number of carboxylic acids is 2. The van der Waals surface area contributed by atoms with Crippen LogP contribution in [0.2, 0.25) is 0 Å². The molecule has 0 amide bonds. The van der Waals surface area contributed by atoms with Crippen molar-refractivity contribution in [2.75, 3.05) is 13.1 Å². The average Bonchev–Trinajstić information content (AvgIpc) is 2.12. The summed E-state index contributed by atoms with van der Waals surface area (Å²) < 4.78 is 0. The van der Waals surface area contributed by atoms with Gasteiger partial charge in [-0.25, -0.2) is 0 Å². The highest BCUT2D eigenvalue weighted by Gasteiger charge is 1.92. The van der Waals surface area contributed by atoms with Crippen molar-refractivity contribution in [3.63, 3.8) is 0 Å². The van der Waals surface area contributed by atoms with Gasteiger partial charge < -0.3 is 21.7 Å². The Morgan fingerprint density at radius 3 is 1.64 bits per heavy atom. The van der Waals surface area contributed by atoms with Crippen LogP contribution in [-0.4, -0.2) is 35.2 Å². The van der Waals surface area contributed by atoms with Crippen LogP contribution in [0.25, 0.3) is 0 Å². The van der Waals surface area contributed by atoms with Gasteiger partial charge in [0.2, 0.25) is 0 Å². The summed E-state index contributed by atoms with van der Waals surface area (Å²) in [6, 6.07) is 0. The maximum Gasteiger partial charge on any atom is 0.303 e. The molecule has 0 aromatic heterocycles. The quantitative estimate of drug-likeness (QED) is 0.439. The average molecular weight is 207 g/mol. The number of nitrogens with two attached hydrogens (primary N) is 1. The van der Waals surface area contributed by atoms with Crippen LogP contribution >= 0.6 is 0 Å². The Kier molecular flexibility index (Phi) is 13.0. The zero-order chi connectivity index (χ0) is 11.4. The third-order valence-electron chi connectivity index (χ3n) is 1.24. The summed E-state index contributed by atoms with van der Waals surface area (Å²) in [5.74, 6) is -1.51. The van der Waals surface area contributed by atoms with E-state index in [1.54, 1.807) is 0 Å². The first-order valence-electron chi connectivity index (χ1n) is 4.47. The molecule has 0 aliphatic carbocycles. The lowest BCUT2D eigenvalue weighted by molar-refractivity contribution is -0.368. The largest absolute Gasteiger partial charge is 0.481 e. The van der Waals surface area contributed by atoms with Gasteiger partial charge in [0.1, 0.15) is 0 Å². The molecular formula is C8H19N2O4+. The summed E-state index contributed by atoms with van der Waals surface area (Å²) in [5, 5.41) is 16.0. The Labute approximate surface area is 82.9 Å². The van der Waals surface area contributed by atoms with Gasteiger partial charge in [-0.2, -0.15) is 0 Å². The molecule has 0 radical (unpaired) electrons. The maximum absolute atomic E-state index is 9.73. The van der Waals surface area contributed by atoms with Crippen molar-refractivity contribution in [3.8, 4) is 0 Å². The smallest absolute Gasteiger partial charge is 0.303 e. The molecule has 6 heteroatoms. The van der Waals surface area contributed by atoms with Gasteiger partial charge in [0.25, 0.3) is 0 Å². The molecule has 0 rings (SSSR count). The summed E-state index contributed by atoms with van der Waals surface area (Å²) in [5.41, 5.74) is 8.51. The third kappa shape index (κ3) is 22.4. The molecule has 14 heavy (non-hydrogen) atoms. The lowest BCUT2D eigenvalue weighted by atomic mass is 10.3. The molecule has 0 aromatic carbocycles. The number of hydrogen-bond donors (Lipinski definition) is 4. The number of hydrogen-bond acceptors (Lipinski definition) is 3. The maximum atomic E-state index is 9.73. The standard InChI is InChI=1S/2C4H9NO2/c2*5-3-1-2-4(6)7/h2*1-3,5H2,(H,6,7)/p+1. The fraction of sp³-hybridized carbons (Fsp3) is 0.750. The molecule has 84 valence electrons. The third-order valence-corrected chi connectivity index (χ3v) is 1.24. The lowest BCUT2D eigenvalue weighted by Crippen LogP contribution is -2.50. The predicted octanol–water partition coefficient (Wildman–Crippen LogP) is -1.10. The molecule has 0 bridgehead atoms. The van der Waals surface area contributed by atoms with E-state index in [0.29, 0.717) is 25.9 Å². The van der Waals surface area contributed by atoms with Crippen molar-refractivity contribution in [1.82, 2.24) is 0 Å². The second-order valence-corrected chi connectivity index (χ2v) is 2.64. The van der Waals surface area contributed by atoms with Crippen molar-refractivity contribution in [2.24, 2.45) is 5.73 Å². The predicted molar refractivity (Wildman–Crippen MR) is 50.5 cm³/mol. The van der Waals surface area contributed by atoms with E-state index in [-0.39, 0.29) is 12.8 Å². The molecule has 7 N–H and O–H groups in total. The summed E-state index contributed by atoms with van der Waals surface area (Å²) in [6.07, 6.45) is 1.71. The lowest BCUT2D eigenvalue weighted by Gasteiger charge is -1.86. The summed E-state index contributed by atoms with van der Waals surface area (Å²) in [6.45, 7) is 1.18. The van der Waals surface area contributed by atoms with E-state index < -0.39 is 11.9 Å². The molecule has 0 aliphatic heterocycles. The second kappa shape index (κ2) is 11.9. The van der Waals surface area contributed by atoms with Crippen LogP contribution in [-0.2, 0) is 9.59 Å². The van der Waals surface area contributed by atoms with Gasteiger partial charge in [-0.15, -0.1) is 0 Å². The van der Waals surface area contributed by atoms with Gasteiger partial charge in [0.05, 0.1) is 13.0 Å². The minimum absolute atomic E-state index is 0.191. The van der Waals surface area contributed by atoms with E-state index in [2.05, 4.69) is 5.73 Å². The Morgan fingerprint density at radius 1 is 1.07 bits per heavy atom. The van der Waals surface area contributed by atoms with Crippen molar-refractivity contribution in [3.05, 3.63) is 0 Å². The fourth-order valence-corrected chi connectivity index (χ4v) is 0.530. The Balaban J connectivity index is 0. The van der Waals surface area contributed by atoms with Crippen molar-refractivity contribution in [2.45, 2.75) is 25.7 Å². The van der Waals surface area contributed by atoms with E-state index >= 15 is 0 Å². The van der Waals surface area contributed by atoms with Crippen molar-refractivity contribution >= 4 is 11.9 Å². The van der Waals surface area contributed by atoms with Gasteiger partial charge in [-0.3, -0.25) is 9.59 Å². The number of carbonyl (C=O) groups is 2. The molecule has 0 aromatic rings. The Bertz CT molecular complexity index is 143. The normalized spacial score (nSPS) is 8.71. The Morgan fingerprint density at radius 2 is 1.50 bits per heavy atom. The van der Waals surface area contributed by atoms with E-state index in [1.807, 2.05) is 0 Å². The van der Waals surface area contributed by atoms with E-state index in [4.69, 9.17) is 15.9 Å². The molecule has 0 spiro atoms. The minimum Gasteiger partial charge on any atom is -0.481 e. The van der Waals surface area contributed by atoms with Crippen LogP contribution in [0, 0.1) is 0 Å². The van der Waals surface area contributed by atoms with Gasteiger partial charge in [-0.05, 0) is 13.0 Å². The zero-order valence-corrected chi connectivity index (χ0v) is 8.24. The molecule has 0 saturated heterocycles. The van der Waals surface area contributed by atoms with E-state index in [0.717, 1.165) is 0 Å². The monoisotopic (exact) mass is 207 g/mol. The fourth-order valence-electron chi connectivity index (χ4n) is 0.530. The van der Waals surface area contributed by atoms with Crippen LogP contribution in [0.15, 0.2) is 0 Å². The zero-order valence-electron chi connectivity index (χ0n) is 8.24. The Hall–Kier alpha value is -1.14. The van der Waals surface area contributed by atoms with Gasteiger partial charge >= 0.3 is 11.9 Å². The topological polar surface area (TPSA) is 128 Å². The van der Waals surface area contributed by atoms with Crippen LogP contribution in [0.3, 0.4) is 0 Å². The highest BCUT2D eigenvalue weighted by molar-refractivity contribution is 5.66. The van der Waals surface area contributed by atoms with Gasteiger partial charge in [0, 0.05) is 12.8 Å². The minimum atomic E-state index is -0.773. The van der Waals surface area contributed by atoms with Crippen LogP contribution in [0.1, 0.15) is 25.7 Å². The molecule has 0 unspecified atom stereocenters. The van der Waals surface area contributed by atoms with Crippen LogP contribution in [0.5, 0.6) is 0 Å². The molecule has 0 saturated carbocycles. The number of quaternary nitrogens is 1. The van der Waals surface area contributed by atoms with Gasteiger partial charge in [0.15, 0.2) is 0 Å². The van der Waals surface area contributed by atoms with E-state index in [9.17, 15) is 9.59 Å². The summed E-state index contributed by atoms with van der Waals surface area (Å²) in [4.78, 5) is 19.4. The first-order valence-corrected chi connectivity index (χ1v) is 4.47. The number of aliphatic carboxylic acids is 2. The summed E-state index contributed by atoms with van der Waals surface area (Å²) >= 11 is 0. The van der Waals surface area contributed by atoms with Gasteiger partial charge in [-0.1, -0.05) is 0 Å². The molecule has 0 atom stereocenters. The van der Waals surface area contributed by atoms with E-state index in [1.165, 1.54) is 0 Å². The molecular weight excluding hydrogens is 188 g/mol. The molecule has 0 aliphatic rings. The van der Waals surface area contributed by atoms with Crippen LogP contribution in [0.4, 0.5) is 0 Å². The first-order chi connectivity index (χ1) is 6.54. The van der Waals surface area contributed by atoms with Crippen molar-refractivity contribution < 1.29 is 25.5 Å². The highest BCUT2D eigenvalue weighted by Crippen LogP contribution is 1.82. The van der Waals surface area contributed by atoms with Crippen LogP contribution < -0.4 is 11.5 Å².